The molecule has 1 rings (SSSR count). The number of nitrogens with zero attached hydrogens (tertiary/aromatic N) is 1. The minimum Gasteiger partial charge on any atom is -0.399 e. The second kappa shape index (κ2) is 5.46. The number of nitrogen functional groups attached to an aromatic ring is 1. The average molecular weight is 225 g/mol. The van der Waals surface area contributed by atoms with Crippen LogP contribution in [0.2, 0.25) is 0 Å². The molecule has 0 unspecified atom stereocenters. The topological polar surface area (TPSA) is 58.4 Å². The van der Waals surface area contributed by atoms with Gasteiger partial charge in [-0.25, -0.2) is 4.39 Å². The number of carbonyl (C=O) groups excluding carboxylic acids is 1. The summed E-state index contributed by atoms with van der Waals surface area (Å²) in [7, 11) is 3.74. The molecule has 0 aliphatic heterocycles. The number of nitrogens with two attached hydrogens (primary N) is 1. The van der Waals surface area contributed by atoms with Gasteiger partial charge >= 0.3 is 0 Å². The number of hydrogen-bond acceptors (Lipinski definition) is 3. The molecule has 0 aliphatic rings. The van der Waals surface area contributed by atoms with Crippen LogP contribution in [0.25, 0.3) is 0 Å². The fraction of sp³-hybridized carbons (Fsp3) is 0.364. The van der Waals surface area contributed by atoms with E-state index in [0.29, 0.717) is 18.7 Å². The van der Waals surface area contributed by atoms with Gasteiger partial charge in [-0.15, -0.1) is 0 Å². The van der Waals surface area contributed by atoms with Gasteiger partial charge in [0, 0.05) is 18.7 Å². The fourth-order valence-corrected chi connectivity index (χ4v) is 1.18. The molecule has 0 atom stereocenters. The van der Waals surface area contributed by atoms with Crippen LogP contribution >= 0.6 is 0 Å². The van der Waals surface area contributed by atoms with Crippen molar-refractivity contribution in [2.45, 2.75) is 6.42 Å². The van der Waals surface area contributed by atoms with E-state index < -0.39 is 5.82 Å². The van der Waals surface area contributed by atoms with Crippen LogP contribution in [0.1, 0.15) is 6.42 Å². The number of hydrogen-bond donors (Lipinski definition) is 2. The van der Waals surface area contributed by atoms with Crippen LogP contribution in [0.4, 0.5) is 15.8 Å². The van der Waals surface area contributed by atoms with Crippen molar-refractivity contribution in [2.24, 2.45) is 0 Å². The lowest BCUT2D eigenvalue weighted by Gasteiger charge is -2.10. The smallest absolute Gasteiger partial charge is 0.225 e. The maximum Gasteiger partial charge on any atom is 0.225 e. The third-order valence-corrected chi connectivity index (χ3v) is 2.05. The first kappa shape index (κ1) is 12.4. The summed E-state index contributed by atoms with van der Waals surface area (Å²) >= 11 is 0. The zero-order chi connectivity index (χ0) is 12.1. The van der Waals surface area contributed by atoms with E-state index in [9.17, 15) is 9.18 Å². The Morgan fingerprint density at radius 1 is 1.50 bits per heavy atom. The summed E-state index contributed by atoms with van der Waals surface area (Å²) in [6, 6.07) is 4.09. The lowest BCUT2D eigenvalue weighted by atomic mass is 10.2. The Bertz CT molecular complexity index is 379. The first-order valence-corrected chi connectivity index (χ1v) is 4.98. The molecule has 0 heterocycles. The standard InChI is InChI=1S/C11H16FN3O/c1-15(2)6-5-11(16)14-10-7-8(13)3-4-9(10)12/h3-4,7H,5-6,13H2,1-2H3,(H,14,16). The van der Waals surface area contributed by atoms with Crippen molar-refractivity contribution < 1.29 is 9.18 Å². The molecule has 0 aromatic heterocycles. The molecule has 1 aromatic carbocycles. The SMILES string of the molecule is CN(C)CCC(=O)Nc1cc(N)ccc1F. The first-order chi connectivity index (χ1) is 7.49. The van der Waals surface area contributed by atoms with Gasteiger partial charge in [-0.05, 0) is 32.3 Å². The summed E-state index contributed by atoms with van der Waals surface area (Å²) in [6.07, 6.45) is 0.321. The fourth-order valence-electron chi connectivity index (χ4n) is 1.18. The van der Waals surface area contributed by atoms with Crippen molar-refractivity contribution in [3.8, 4) is 0 Å². The largest absolute Gasteiger partial charge is 0.399 e. The second-order valence-electron chi connectivity index (χ2n) is 3.84. The number of nitrogens with one attached hydrogen (secondary N) is 1. The van der Waals surface area contributed by atoms with Gasteiger partial charge in [0.15, 0.2) is 0 Å². The Balaban J connectivity index is 2.59. The average Bonchev–Trinajstić information content (AvgIpc) is 2.20. The number of carbonyl (C=O) groups is 1. The van der Waals surface area contributed by atoms with E-state index in [1.54, 1.807) is 0 Å². The van der Waals surface area contributed by atoms with Crippen LogP contribution in [0.3, 0.4) is 0 Å². The predicted molar refractivity (Wildman–Crippen MR) is 62.6 cm³/mol. The van der Waals surface area contributed by atoms with E-state index in [0.717, 1.165) is 0 Å². The Hall–Kier alpha value is -1.62. The molecule has 0 fully saturated rings. The van der Waals surface area contributed by atoms with Crippen LogP contribution in [-0.4, -0.2) is 31.4 Å². The molecule has 0 saturated carbocycles. The molecule has 1 aromatic rings. The van der Waals surface area contributed by atoms with E-state index in [2.05, 4.69) is 5.32 Å². The zero-order valence-corrected chi connectivity index (χ0v) is 9.46. The van der Waals surface area contributed by atoms with Crippen LogP contribution in [0.5, 0.6) is 0 Å². The Morgan fingerprint density at radius 2 is 2.19 bits per heavy atom. The molecule has 0 spiro atoms. The number of halogens is 1. The highest BCUT2D eigenvalue weighted by molar-refractivity contribution is 5.91. The Kier molecular flexibility index (Phi) is 4.25. The summed E-state index contributed by atoms with van der Waals surface area (Å²) in [5.74, 6) is -0.703. The van der Waals surface area contributed by atoms with E-state index in [1.165, 1.54) is 18.2 Å². The normalized spacial score (nSPS) is 10.5. The van der Waals surface area contributed by atoms with Gasteiger partial charge in [0.2, 0.25) is 5.91 Å². The molecular weight excluding hydrogens is 209 g/mol. The summed E-state index contributed by atoms with van der Waals surface area (Å²) in [6.45, 7) is 0.621. The number of benzene rings is 1. The van der Waals surface area contributed by atoms with E-state index in [4.69, 9.17) is 5.73 Å². The molecule has 0 bridgehead atoms. The number of rotatable bonds is 4. The van der Waals surface area contributed by atoms with Gasteiger partial charge < -0.3 is 16.0 Å². The van der Waals surface area contributed by atoms with Crippen molar-refractivity contribution >= 4 is 17.3 Å². The van der Waals surface area contributed by atoms with Gasteiger partial charge in [0.05, 0.1) is 5.69 Å². The maximum absolute atomic E-state index is 13.2. The lowest BCUT2D eigenvalue weighted by molar-refractivity contribution is -0.116. The Labute approximate surface area is 94.2 Å². The van der Waals surface area contributed by atoms with Crippen molar-refractivity contribution in [1.82, 2.24) is 4.90 Å². The van der Waals surface area contributed by atoms with E-state index in [-0.39, 0.29) is 11.6 Å². The van der Waals surface area contributed by atoms with E-state index >= 15 is 0 Å². The molecule has 4 nitrogen and oxygen atoms in total. The van der Waals surface area contributed by atoms with Gasteiger partial charge in [-0.3, -0.25) is 4.79 Å². The molecule has 1 amide bonds. The van der Waals surface area contributed by atoms with Crippen molar-refractivity contribution in [1.29, 1.82) is 0 Å². The van der Waals surface area contributed by atoms with E-state index in [1.807, 2.05) is 19.0 Å². The van der Waals surface area contributed by atoms with Gasteiger partial charge in [-0.2, -0.15) is 0 Å². The first-order valence-electron chi connectivity index (χ1n) is 4.98. The molecule has 88 valence electrons. The maximum atomic E-state index is 13.2. The highest BCUT2D eigenvalue weighted by atomic mass is 19.1. The van der Waals surface area contributed by atoms with Crippen molar-refractivity contribution in [3.05, 3.63) is 24.0 Å². The van der Waals surface area contributed by atoms with Gasteiger partial charge in [-0.1, -0.05) is 0 Å². The number of amides is 1. The molecule has 5 heteroatoms. The molecule has 0 aliphatic carbocycles. The third kappa shape index (κ3) is 3.86. The minimum absolute atomic E-state index is 0.128. The minimum atomic E-state index is -0.479. The van der Waals surface area contributed by atoms with Crippen LogP contribution in [-0.2, 0) is 4.79 Å². The highest BCUT2D eigenvalue weighted by Gasteiger charge is 2.07. The predicted octanol–water partition coefficient (Wildman–Crippen LogP) is 1.30. The summed E-state index contributed by atoms with van der Waals surface area (Å²) < 4.78 is 13.2. The van der Waals surface area contributed by atoms with Crippen LogP contribution < -0.4 is 11.1 Å². The van der Waals surface area contributed by atoms with Crippen molar-refractivity contribution in [2.75, 3.05) is 31.7 Å². The molecular formula is C11H16FN3O. The summed E-state index contributed by atoms with van der Waals surface area (Å²) in [5, 5.41) is 2.49. The van der Waals surface area contributed by atoms with Gasteiger partial charge in [0.25, 0.3) is 0 Å². The van der Waals surface area contributed by atoms with Crippen molar-refractivity contribution in [3.63, 3.8) is 0 Å². The Morgan fingerprint density at radius 3 is 2.81 bits per heavy atom. The monoisotopic (exact) mass is 225 g/mol. The molecule has 16 heavy (non-hydrogen) atoms. The second-order valence-corrected chi connectivity index (χ2v) is 3.84. The molecule has 3 N–H and O–H groups in total. The third-order valence-electron chi connectivity index (χ3n) is 2.05. The summed E-state index contributed by atoms with van der Waals surface area (Å²) in [4.78, 5) is 13.3. The molecule has 0 saturated heterocycles. The zero-order valence-electron chi connectivity index (χ0n) is 9.46. The van der Waals surface area contributed by atoms with Crippen LogP contribution in [0.15, 0.2) is 18.2 Å². The quantitative estimate of drug-likeness (QED) is 0.759. The molecule has 0 radical (unpaired) electrons. The van der Waals surface area contributed by atoms with Gasteiger partial charge in [0.1, 0.15) is 5.82 Å². The lowest BCUT2D eigenvalue weighted by Crippen LogP contribution is -2.21. The van der Waals surface area contributed by atoms with Crippen LogP contribution in [0, 0.1) is 5.82 Å². The summed E-state index contributed by atoms with van der Waals surface area (Å²) in [5.41, 5.74) is 6.05. The highest BCUT2D eigenvalue weighted by Crippen LogP contribution is 2.17. The number of anilines is 2.